The molecule has 112 valence electrons. The third-order valence-corrected chi connectivity index (χ3v) is 3.49. The highest BCUT2D eigenvalue weighted by Gasteiger charge is 2.04. The number of aryl methyl sites for hydroxylation is 1. The van der Waals surface area contributed by atoms with Crippen LogP contribution in [-0.2, 0) is 6.54 Å². The molecule has 0 aliphatic carbocycles. The van der Waals surface area contributed by atoms with E-state index in [1.54, 1.807) is 17.5 Å². The number of amides is 2. The normalized spacial score (nSPS) is 10.5. The fourth-order valence-electron chi connectivity index (χ4n) is 1.72. The smallest absolute Gasteiger partial charge is 0.319 e. The Kier molecular flexibility index (Phi) is 5.16. The minimum absolute atomic E-state index is 0.134. The summed E-state index contributed by atoms with van der Waals surface area (Å²) in [6, 6.07) is 7.06. The van der Waals surface area contributed by atoms with Crippen molar-refractivity contribution >= 4 is 23.1 Å². The minimum Gasteiger partial charge on any atom is -0.491 e. The zero-order chi connectivity index (χ0) is 15.2. The van der Waals surface area contributed by atoms with Crippen molar-refractivity contribution in [2.24, 2.45) is 0 Å². The lowest BCUT2D eigenvalue weighted by molar-refractivity contribution is 0.242. The molecule has 2 aromatic rings. The van der Waals surface area contributed by atoms with Crippen LogP contribution in [0.3, 0.4) is 0 Å². The number of aromatic nitrogens is 1. The van der Waals surface area contributed by atoms with Crippen LogP contribution in [-0.4, -0.2) is 17.1 Å². The topological polar surface area (TPSA) is 63.2 Å². The van der Waals surface area contributed by atoms with E-state index in [0.717, 1.165) is 21.3 Å². The van der Waals surface area contributed by atoms with Gasteiger partial charge in [-0.3, -0.25) is 0 Å². The van der Waals surface area contributed by atoms with Crippen LogP contribution in [0.4, 0.5) is 10.5 Å². The molecular weight excluding hydrogens is 286 g/mol. The average molecular weight is 305 g/mol. The van der Waals surface area contributed by atoms with E-state index in [-0.39, 0.29) is 12.1 Å². The molecule has 2 rings (SSSR count). The standard InChI is InChI=1S/C15H19N3O2S/c1-10(2)20-13-6-4-12(5-7-13)18-15(19)17-9-14-8-16-11(3)21-14/h4-8,10H,9H2,1-3H3,(H2,17,18,19). The third kappa shape index (κ3) is 5.07. The highest BCUT2D eigenvalue weighted by molar-refractivity contribution is 7.11. The molecule has 0 saturated carbocycles. The van der Waals surface area contributed by atoms with Gasteiger partial charge in [-0.2, -0.15) is 0 Å². The third-order valence-electron chi connectivity index (χ3n) is 2.58. The Hall–Kier alpha value is -2.08. The summed E-state index contributed by atoms with van der Waals surface area (Å²) >= 11 is 1.57. The van der Waals surface area contributed by atoms with Gasteiger partial charge in [0.05, 0.1) is 17.7 Å². The van der Waals surface area contributed by atoms with Gasteiger partial charge in [-0.25, -0.2) is 9.78 Å². The summed E-state index contributed by atoms with van der Waals surface area (Å²) < 4.78 is 5.55. The maximum absolute atomic E-state index is 11.8. The molecule has 2 N–H and O–H groups in total. The first-order valence-corrected chi connectivity index (χ1v) is 7.57. The predicted octanol–water partition coefficient (Wildman–Crippen LogP) is 3.56. The molecule has 2 amide bonds. The zero-order valence-electron chi connectivity index (χ0n) is 12.3. The van der Waals surface area contributed by atoms with Gasteiger partial charge < -0.3 is 15.4 Å². The average Bonchev–Trinajstić information content (AvgIpc) is 2.84. The zero-order valence-corrected chi connectivity index (χ0v) is 13.2. The molecule has 21 heavy (non-hydrogen) atoms. The van der Waals surface area contributed by atoms with Crippen molar-refractivity contribution in [3.05, 3.63) is 40.3 Å². The first-order valence-electron chi connectivity index (χ1n) is 6.76. The first-order chi connectivity index (χ1) is 10.0. The largest absolute Gasteiger partial charge is 0.491 e. The molecule has 0 radical (unpaired) electrons. The van der Waals surface area contributed by atoms with Crippen molar-refractivity contribution < 1.29 is 9.53 Å². The quantitative estimate of drug-likeness (QED) is 0.887. The van der Waals surface area contributed by atoms with Crippen LogP contribution in [0.2, 0.25) is 0 Å². The van der Waals surface area contributed by atoms with E-state index < -0.39 is 0 Å². The Labute approximate surface area is 128 Å². The summed E-state index contributed by atoms with van der Waals surface area (Å²) in [4.78, 5) is 17.0. The van der Waals surface area contributed by atoms with Gasteiger partial charge >= 0.3 is 6.03 Å². The van der Waals surface area contributed by atoms with Crippen LogP contribution >= 0.6 is 11.3 Å². The van der Waals surface area contributed by atoms with Gasteiger partial charge in [-0.05, 0) is 45.0 Å². The fraction of sp³-hybridized carbons (Fsp3) is 0.333. The number of hydrogen-bond donors (Lipinski definition) is 2. The molecular formula is C15H19N3O2S. The first kappa shape index (κ1) is 15.3. The SMILES string of the molecule is Cc1ncc(CNC(=O)Nc2ccc(OC(C)C)cc2)s1. The van der Waals surface area contributed by atoms with E-state index in [4.69, 9.17) is 4.74 Å². The van der Waals surface area contributed by atoms with E-state index in [1.165, 1.54) is 0 Å². The number of nitrogens with zero attached hydrogens (tertiary/aromatic N) is 1. The molecule has 0 aliphatic rings. The predicted molar refractivity (Wildman–Crippen MR) is 84.9 cm³/mol. The minimum atomic E-state index is -0.237. The van der Waals surface area contributed by atoms with Crippen molar-refractivity contribution in [1.82, 2.24) is 10.3 Å². The van der Waals surface area contributed by atoms with Crippen LogP contribution in [0.15, 0.2) is 30.5 Å². The Bertz CT molecular complexity index is 593. The highest BCUT2D eigenvalue weighted by Crippen LogP contribution is 2.17. The lowest BCUT2D eigenvalue weighted by Crippen LogP contribution is -2.27. The van der Waals surface area contributed by atoms with Crippen molar-refractivity contribution in [2.45, 2.75) is 33.4 Å². The van der Waals surface area contributed by atoms with Crippen molar-refractivity contribution in [3.63, 3.8) is 0 Å². The molecule has 0 fully saturated rings. The molecule has 0 unspecified atom stereocenters. The van der Waals surface area contributed by atoms with Crippen LogP contribution in [0.25, 0.3) is 0 Å². The van der Waals surface area contributed by atoms with Crippen molar-refractivity contribution in [2.75, 3.05) is 5.32 Å². The summed E-state index contributed by atoms with van der Waals surface area (Å²) in [6.07, 6.45) is 1.91. The summed E-state index contributed by atoms with van der Waals surface area (Å²) in [7, 11) is 0. The molecule has 1 heterocycles. The number of thiazole rings is 1. The maximum atomic E-state index is 11.8. The summed E-state index contributed by atoms with van der Waals surface area (Å²) in [5.41, 5.74) is 0.726. The van der Waals surface area contributed by atoms with Gasteiger partial charge in [-0.15, -0.1) is 11.3 Å². The number of urea groups is 1. The Morgan fingerprint density at radius 2 is 2.05 bits per heavy atom. The van der Waals surface area contributed by atoms with Crippen LogP contribution in [0.1, 0.15) is 23.7 Å². The summed E-state index contributed by atoms with van der Waals surface area (Å²) in [6.45, 7) is 6.36. The number of hydrogen-bond acceptors (Lipinski definition) is 4. The Balaban J connectivity index is 1.82. The lowest BCUT2D eigenvalue weighted by Gasteiger charge is -2.11. The molecule has 5 nitrogen and oxygen atoms in total. The van der Waals surface area contributed by atoms with Crippen LogP contribution < -0.4 is 15.4 Å². The molecule has 0 spiro atoms. The van der Waals surface area contributed by atoms with Crippen LogP contribution in [0.5, 0.6) is 5.75 Å². The molecule has 1 aromatic carbocycles. The second-order valence-corrected chi connectivity index (χ2v) is 6.16. The summed E-state index contributed by atoms with van der Waals surface area (Å²) in [5, 5.41) is 6.57. The monoisotopic (exact) mass is 305 g/mol. The maximum Gasteiger partial charge on any atom is 0.319 e. The fourth-order valence-corrected chi connectivity index (χ4v) is 2.45. The van der Waals surface area contributed by atoms with Crippen LogP contribution in [0, 0.1) is 6.92 Å². The van der Waals surface area contributed by atoms with E-state index in [9.17, 15) is 4.79 Å². The number of ether oxygens (including phenoxy) is 1. The van der Waals surface area contributed by atoms with E-state index in [0.29, 0.717) is 6.54 Å². The molecule has 0 saturated heterocycles. The van der Waals surface area contributed by atoms with Gasteiger partial charge in [-0.1, -0.05) is 0 Å². The van der Waals surface area contributed by atoms with Gasteiger partial charge in [0, 0.05) is 16.8 Å². The van der Waals surface area contributed by atoms with E-state index >= 15 is 0 Å². The number of nitrogens with one attached hydrogen (secondary N) is 2. The number of carbonyl (C=O) groups excluding carboxylic acids is 1. The second kappa shape index (κ2) is 7.08. The number of benzene rings is 1. The number of anilines is 1. The van der Waals surface area contributed by atoms with Crippen molar-refractivity contribution in [1.29, 1.82) is 0 Å². The van der Waals surface area contributed by atoms with E-state index in [2.05, 4.69) is 15.6 Å². The van der Waals surface area contributed by atoms with Gasteiger partial charge in [0.25, 0.3) is 0 Å². The Morgan fingerprint density at radius 1 is 1.33 bits per heavy atom. The second-order valence-electron chi connectivity index (χ2n) is 4.84. The molecule has 0 atom stereocenters. The molecule has 6 heteroatoms. The summed E-state index contributed by atoms with van der Waals surface area (Å²) in [5.74, 6) is 0.788. The van der Waals surface area contributed by atoms with E-state index in [1.807, 2.05) is 45.0 Å². The van der Waals surface area contributed by atoms with Gasteiger partial charge in [0.15, 0.2) is 0 Å². The van der Waals surface area contributed by atoms with Gasteiger partial charge in [0.2, 0.25) is 0 Å². The highest BCUT2D eigenvalue weighted by atomic mass is 32.1. The Morgan fingerprint density at radius 3 is 2.62 bits per heavy atom. The lowest BCUT2D eigenvalue weighted by atomic mass is 10.3. The number of rotatable bonds is 5. The van der Waals surface area contributed by atoms with Gasteiger partial charge in [0.1, 0.15) is 5.75 Å². The molecule has 0 bridgehead atoms. The number of carbonyl (C=O) groups is 1. The molecule has 1 aromatic heterocycles. The van der Waals surface area contributed by atoms with Crippen molar-refractivity contribution in [3.8, 4) is 5.75 Å². The molecule has 0 aliphatic heterocycles.